The number of sulfonamides is 1. The van der Waals surface area contributed by atoms with Crippen molar-refractivity contribution in [2.24, 2.45) is 0 Å². The minimum absolute atomic E-state index is 0.138. The number of nitrogens with one attached hydrogen (secondary N) is 2. The van der Waals surface area contributed by atoms with Gasteiger partial charge in [0.1, 0.15) is 0 Å². The highest BCUT2D eigenvalue weighted by Crippen LogP contribution is 2.21. The topological polar surface area (TPSA) is 92.2 Å². The molecule has 0 aliphatic heterocycles. The summed E-state index contributed by atoms with van der Waals surface area (Å²) in [5, 5.41) is 8.76. The summed E-state index contributed by atoms with van der Waals surface area (Å²) in [6.07, 6.45) is 1.50. The third kappa shape index (κ3) is 3.28. The lowest BCUT2D eigenvalue weighted by Gasteiger charge is -2.07. The molecule has 3 rings (SSSR count). The van der Waals surface area contributed by atoms with Crippen molar-refractivity contribution in [2.45, 2.75) is 33.6 Å². The first kappa shape index (κ1) is 16.5. The Morgan fingerprint density at radius 2 is 1.88 bits per heavy atom. The van der Waals surface area contributed by atoms with Crippen LogP contribution in [0.3, 0.4) is 0 Å². The van der Waals surface area contributed by atoms with Crippen LogP contribution in [0.4, 0.5) is 5.69 Å². The highest BCUT2D eigenvalue weighted by Gasteiger charge is 2.12. The lowest BCUT2D eigenvalue weighted by molar-refractivity contribution is 0.598. The molecule has 7 nitrogen and oxygen atoms in total. The van der Waals surface area contributed by atoms with Crippen molar-refractivity contribution < 1.29 is 8.42 Å². The van der Waals surface area contributed by atoms with Crippen molar-refractivity contribution in [1.82, 2.24) is 19.8 Å². The van der Waals surface area contributed by atoms with Gasteiger partial charge in [0.05, 0.1) is 11.4 Å². The minimum Gasteiger partial charge on any atom is -0.321 e. The van der Waals surface area contributed by atoms with Crippen molar-refractivity contribution in [3.8, 4) is 11.4 Å². The third-order valence-corrected chi connectivity index (χ3v) is 5.35. The van der Waals surface area contributed by atoms with E-state index in [4.69, 9.17) is 0 Å². The zero-order chi connectivity index (χ0) is 17.3. The Morgan fingerprint density at radius 3 is 2.50 bits per heavy atom. The summed E-state index contributed by atoms with van der Waals surface area (Å²) in [6, 6.07) is 7.14. The van der Waals surface area contributed by atoms with Crippen LogP contribution >= 0.6 is 0 Å². The van der Waals surface area contributed by atoms with Gasteiger partial charge in [0, 0.05) is 16.8 Å². The SMILES string of the molecule is CCCCS(=O)(=O)Nc1ccc(-c2nn3nc(C)c(C)c3[nH]2)cc1. The summed E-state index contributed by atoms with van der Waals surface area (Å²) in [4.78, 5) is 3.25. The van der Waals surface area contributed by atoms with Crippen molar-refractivity contribution in [3.05, 3.63) is 35.5 Å². The first-order valence-corrected chi connectivity index (χ1v) is 9.58. The normalized spacial score (nSPS) is 12.0. The Hall–Kier alpha value is -2.35. The molecular weight excluding hydrogens is 326 g/mol. The second-order valence-electron chi connectivity index (χ2n) is 5.87. The van der Waals surface area contributed by atoms with Gasteiger partial charge in [-0.2, -0.15) is 5.10 Å². The summed E-state index contributed by atoms with van der Waals surface area (Å²) in [7, 11) is -3.28. The van der Waals surface area contributed by atoms with Crippen molar-refractivity contribution in [3.63, 3.8) is 0 Å². The van der Waals surface area contributed by atoms with E-state index in [9.17, 15) is 8.42 Å². The summed E-state index contributed by atoms with van der Waals surface area (Å²) >= 11 is 0. The number of H-pyrrole nitrogens is 1. The van der Waals surface area contributed by atoms with Gasteiger partial charge in [0.25, 0.3) is 0 Å². The molecule has 0 bridgehead atoms. The van der Waals surface area contributed by atoms with E-state index >= 15 is 0 Å². The van der Waals surface area contributed by atoms with E-state index in [-0.39, 0.29) is 5.75 Å². The first-order chi connectivity index (χ1) is 11.4. The monoisotopic (exact) mass is 347 g/mol. The quantitative estimate of drug-likeness (QED) is 0.717. The van der Waals surface area contributed by atoms with Gasteiger partial charge in [0.15, 0.2) is 11.5 Å². The summed E-state index contributed by atoms with van der Waals surface area (Å²) in [5.74, 6) is 0.834. The molecule has 0 saturated heterocycles. The molecule has 0 fully saturated rings. The van der Waals surface area contributed by atoms with Crippen LogP contribution in [0.5, 0.6) is 0 Å². The molecule has 2 N–H and O–H groups in total. The molecule has 2 heterocycles. The number of nitrogens with zero attached hydrogens (tertiary/aromatic N) is 3. The number of anilines is 1. The molecule has 0 spiro atoms. The number of aryl methyl sites for hydroxylation is 2. The second kappa shape index (κ2) is 6.27. The fraction of sp³-hybridized carbons (Fsp3) is 0.375. The van der Waals surface area contributed by atoms with Crippen LogP contribution < -0.4 is 4.72 Å². The number of unbranched alkanes of at least 4 members (excludes halogenated alkanes) is 1. The average Bonchev–Trinajstić information content (AvgIpc) is 3.06. The van der Waals surface area contributed by atoms with E-state index in [2.05, 4.69) is 19.9 Å². The molecule has 8 heteroatoms. The maximum atomic E-state index is 11.9. The molecule has 0 aliphatic carbocycles. The van der Waals surface area contributed by atoms with Gasteiger partial charge in [-0.3, -0.25) is 4.72 Å². The first-order valence-electron chi connectivity index (χ1n) is 7.93. The summed E-state index contributed by atoms with van der Waals surface area (Å²) in [6.45, 7) is 5.90. The number of rotatable bonds is 6. The number of fused-ring (bicyclic) bond motifs is 1. The molecule has 1 aromatic carbocycles. The Bertz CT molecular complexity index is 954. The van der Waals surface area contributed by atoms with Gasteiger partial charge < -0.3 is 4.98 Å². The fourth-order valence-electron chi connectivity index (χ4n) is 2.43. The third-order valence-electron chi connectivity index (χ3n) is 3.97. The minimum atomic E-state index is -3.28. The number of aromatic nitrogens is 4. The maximum absolute atomic E-state index is 11.9. The van der Waals surface area contributed by atoms with Crippen LogP contribution in [-0.2, 0) is 10.0 Å². The highest BCUT2D eigenvalue weighted by atomic mass is 32.2. The maximum Gasteiger partial charge on any atom is 0.232 e. The van der Waals surface area contributed by atoms with E-state index in [0.29, 0.717) is 17.9 Å². The lowest BCUT2D eigenvalue weighted by Crippen LogP contribution is -2.16. The van der Waals surface area contributed by atoms with Gasteiger partial charge in [-0.05, 0) is 44.5 Å². The molecule has 0 aliphatic rings. The smallest absolute Gasteiger partial charge is 0.232 e. The van der Waals surface area contributed by atoms with Gasteiger partial charge in [-0.15, -0.1) is 9.73 Å². The number of hydrogen-bond acceptors (Lipinski definition) is 4. The van der Waals surface area contributed by atoms with Gasteiger partial charge in [0.2, 0.25) is 10.0 Å². The largest absolute Gasteiger partial charge is 0.321 e. The Labute approximate surface area is 141 Å². The van der Waals surface area contributed by atoms with Crippen LogP contribution in [0.2, 0.25) is 0 Å². The highest BCUT2D eigenvalue weighted by molar-refractivity contribution is 7.92. The van der Waals surface area contributed by atoms with Crippen LogP contribution in [0.25, 0.3) is 17.0 Å². The van der Waals surface area contributed by atoms with Crippen LogP contribution in [0.1, 0.15) is 31.0 Å². The number of aromatic amines is 1. The predicted octanol–water partition coefficient (Wildman–Crippen LogP) is 2.88. The molecular formula is C16H21N5O2S. The Kier molecular flexibility index (Phi) is 4.31. The molecule has 0 radical (unpaired) electrons. The Balaban J connectivity index is 1.80. The van der Waals surface area contributed by atoms with Crippen LogP contribution in [0.15, 0.2) is 24.3 Å². The van der Waals surface area contributed by atoms with Gasteiger partial charge >= 0.3 is 0 Å². The number of hydrogen-bond donors (Lipinski definition) is 2. The molecule has 3 aromatic rings. The lowest BCUT2D eigenvalue weighted by atomic mass is 10.2. The van der Waals surface area contributed by atoms with E-state index in [1.165, 1.54) is 0 Å². The molecule has 0 unspecified atom stereocenters. The molecule has 0 amide bonds. The van der Waals surface area contributed by atoms with E-state index in [1.54, 1.807) is 16.8 Å². The molecule has 128 valence electrons. The van der Waals surface area contributed by atoms with Crippen molar-refractivity contribution >= 4 is 21.4 Å². The van der Waals surface area contributed by atoms with Crippen molar-refractivity contribution in [1.29, 1.82) is 0 Å². The fourth-order valence-corrected chi connectivity index (χ4v) is 3.69. The Morgan fingerprint density at radius 1 is 1.17 bits per heavy atom. The average molecular weight is 347 g/mol. The van der Waals surface area contributed by atoms with Gasteiger partial charge in [-0.1, -0.05) is 13.3 Å². The zero-order valence-corrected chi connectivity index (χ0v) is 14.8. The van der Waals surface area contributed by atoms with Crippen molar-refractivity contribution in [2.75, 3.05) is 10.5 Å². The standard InChI is InChI=1S/C16H21N5O2S/c1-4-5-10-24(22,23)20-14-8-6-13(7-9-14)15-17-16-11(2)12(3)18-21(16)19-15/h6-9,20H,4-5,10H2,1-3H3,(H,17,19). The second-order valence-corrected chi connectivity index (χ2v) is 7.72. The van der Waals surface area contributed by atoms with E-state index in [1.807, 2.05) is 32.9 Å². The molecule has 0 atom stereocenters. The van der Waals surface area contributed by atoms with Crippen LogP contribution in [0, 0.1) is 13.8 Å². The summed E-state index contributed by atoms with van der Waals surface area (Å²) < 4.78 is 28.0. The molecule has 24 heavy (non-hydrogen) atoms. The predicted molar refractivity (Wildman–Crippen MR) is 94.6 cm³/mol. The number of benzene rings is 1. The molecule has 2 aromatic heterocycles. The van der Waals surface area contributed by atoms with Gasteiger partial charge in [-0.25, -0.2) is 8.42 Å². The van der Waals surface area contributed by atoms with E-state index < -0.39 is 10.0 Å². The van der Waals surface area contributed by atoms with E-state index in [0.717, 1.165) is 28.9 Å². The zero-order valence-electron chi connectivity index (χ0n) is 14.0. The summed E-state index contributed by atoms with van der Waals surface area (Å²) in [5.41, 5.74) is 4.30. The molecule has 0 saturated carbocycles. The van der Waals surface area contributed by atoms with Crippen LogP contribution in [-0.4, -0.2) is 34.0 Å².